The number of rotatable bonds is 8. The molecule has 3 atom stereocenters. The Morgan fingerprint density at radius 2 is 1.67 bits per heavy atom. The first-order valence-electron chi connectivity index (χ1n) is 13.5. The van der Waals surface area contributed by atoms with Gasteiger partial charge in [-0.25, -0.2) is 4.79 Å². The van der Waals surface area contributed by atoms with E-state index in [4.69, 9.17) is 14.5 Å². The zero-order valence-corrected chi connectivity index (χ0v) is 22.3. The Morgan fingerprint density at radius 3 is 2.38 bits per heavy atom. The Morgan fingerprint density at radius 1 is 0.949 bits per heavy atom. The Labute approximate surface area is 229 Å². The van der Waals surface area contributed by atoms with Crippen LogP contribution >= 0.6 is 0 Å². The smallest absolute Gasteiger partial charge is 0.336 e. The molecule has 5 rings (SSSR count). The molecule has 0 amide bonds. The first kappa shape index (κ1) is 26.4. The highest BCUT2D eigenvalue weighted by molar-refractivity contribution is 6.12. The first-order valence-corrected chi connectivity index (χ1v) is 13.5. The number of benzene rings is 3. The molecule has 3 aromatic carbocycles. The number of nitrogens with zero attached hydrogens (tertiary/aromatic N) is 1. The van der Waals surface area contributed by atoms with E-state index in [1.807, 2.05) is 74.5 Å². The number of carbonyl (C=O) groups is 2. The fraction of sp³-hybridized carbons (Fsp3) is 0.303. The third kappa shape index (κ3) is 5.65. The molecule has 1 unspecified atom stereocenters. The normalized spacial score (nSPS) is 20.7. The molecule has 0 spiro atoms. The lowest BCUT2D eigenvalue weighted by molar-refractivity contribution is -0.139. The van der Waals surface area contributed by atoms with Crippen LogP contribution in [0, 0.1) is 5.92 Å². The largest absolute Gasteiger partial charge is 0.504 e. The fourth-order valence-electron chi connectivity index (χ4n) is 5.74. The van der Waals surface area contributed by atoms with Gasteiger partial charge in [0.15, 0.2) is 11.5 Å². The number of fused-ring (bicyclic) bond motifs is 1. The molecule has 39 heavy (non-hydrogen) atoms. The average molecular weight is 524 g/mol. The van der Waals surface area contributed by atoms with Crippen molar-refractivity contribution in [2.45, 2.75) is 44.9 Å². The minimum Gasteiger partial charge on any atom is -0.504 e. The maximum atomic E-state index is 13.8. The van der Waals surface area contributed by atoms with E-state index in [0.717, 1.165) is 22.4 Å². The predicted molar refractivity (Wildman–Crippen MR) is 150 cm³/mol. The minimum absolute atomic E-state index is 0.0112. The van der Waals surface area contributed by atoms with Crippen molar-refractivity contribution in [2.75, 3.05) is 13.2 Å². The second-order valence-electron chi connectivity index (χ2n) is 10.1. The Hall–Kier alpha value is -4.19. The molecule has 1 aliphatic carbocycles. The van der Waals surface area contributed by atoms with E-state index in [0.29, 0.717) is 42.9 Å². The summed E-state index contributed by atoms with van der Waals surface area (Å²) in [5.41, 5.74) is 4.63. The molecular weight excluding hydrogens is 490 g/mol. The maximum absolute atomic E-state index is 13.8. The summed E-state index contributed by atoms with van der Waals surface area (Å²) in [6.07, 6.45) is 1.60. The van der Waals surface area contributed by atoms with Crippen LogP contribution in [0.5, 0.6) is 11.5 Å². The van der Waals surface area contributed by atoms with E-state index in [1.165, 1.54) is 0 Å². The van der Waals surface area contributed by atoms with Gasteiger partial charge in [-0.3, -0.25) is 9.79 Å². The van der Waals surface area contributed by atoms with Crippen molar-refractivity contribution >= 4 is 17.5 Å². The molecule has 3 aromatic rings. The van der Waals surface area contributed by atoms with Crippen molar-refractivity contribution in [2.24, 2.45) is 10.9 Å². The van der Waals surface area contributed by atoms with Gasteiger partial charge in [0, 0.05) is 30.2 Å². The van der Waals surface area contributed by atoms with E-state index in [9.17, 15) is 14.7 Å². The summed E-state index contributed by atoms with van der Waals surface area (Å²) in [4.78, 5) is 32.2. The highest BCUT2D eigenvalue weighted by Gasteiger charge is 2.46. The summed E-state index contributed by atoms with van der Waals surface area (Å²) in [7, 11) is 0. The van der Waals surface area contributed by atoms with Crippen molar-refractivity contribution in [3.05, 3.63) is 107 Å². The van der Waals surface area contributed by atoms with Gasteiger partial charge in [0.05, 0.1) is 24.7 Å². The fourth-order valence-corrected chi connectivity index (χ4v) is 5.74. The highest BCUT2D eigenvalue weighted by atomic mass is 16.5. The number of allylic oxidation sites excluding steroid dienone is 1. The summed E-state index contributed by atoms with van der Waals surface area (Å²) in [6, 6.07) is 24.9. The molecule has 200 valence electrons. The van der Waals surface area contributed by atoms with Crippen LogP contribution in [-0.2, 0) is 20.7 Å². The van der Waals surface area contributed by atoms with Crippen LogP contribution in [0.1, 0.15) is 55.2 Å². The molecule has 0 aromatic heterocycles. The number of ketones is 1. The van der Waals surface area contributed by atoms with Gasteiger partial charge in [-0.1, -0.05) is 66.7 Å². The molecular formula is C33H33NO5. The Balaban J connectivity index is 1.50. The van der Waals surface area contributed by atoms with E-state index in [1.54, 1.807) is 18.2 Å². The van der Waals surface area contributed by atoms with Crippen molar-refractivity contribution in [3.63, 3.8) is 0 Å². The van der Waals surface area contributed by atoms with E-state index >= 15 is 0 Å². The molecule has 0 radical (unpaired) electrons. The van der Waals surface area contributed by atoms with Crippen molar-refractivity contribution in [1.29, 1.82) is 0 Å². The van der Waals surface area contributed by atoms with Gasteiger partial charge < -0.3 is 14.6 Å². The average Bonchev–Trinajstić information content (AvgIpc) is 2.94. The van der Waals surface area contributed by atoms with Crippen molar-refractivity contribution < 1.29 is 24.2 Å². The highest BCUT2D eigenvalue weighted by Crippen LogP contribution is 2.47. The molecule has 0 bridgehead atoms. The lowest BCUT2D eigenvalue weighted by Crippen LogP contribution is -2.41. The quantitative estimate of drug-likeness (QED) is 0.358. The second-order valence-corrected chi connectivity index (χ2v) is 10.1. The molecule has 1 aliphatic heterocycles. The third-order valence-corrected chi connectivity index (χ3v) is 7.55. The Kier molecular flexibility index (Phi) is 7.92. The van der Waals surface area contributed by atoms with Crippen LogP contribution in [0.2, 0.25) is 0 Å². The summed E-state index contributed by atoms with van der Waals surface area (Å²) >= 11 is 0. The van der Waals surface area contributed by atoms with Crippen LogP contribution in [0.15, 0.2) is 95.1 Å². The van der Waals surface area contributed by atoms with Crippen LogP contribution < -0.4 is 4.74 Å². The molecule has 6 heteroatoms. The lowest BCUT2D eigenvalue weighted by atomic mass is 9.66. The zero-order chi connectivity index (χ0) is 27.4. The maximum Gasteiger partial charge on any atom is 0.336 e. The number of esters is 1. The van der Waals surface area contributed by atoms with Crippen molar-refractivity contribution in [3.8, 4) is 11.5 Å². The van der Waals surface area contributed by atoms with Gasteiger partial charge in [0.2, 0.25) is 0 Å². The number of aliphatic imine (C=N–C) groups is 1. The van der Waals surface area contributed by atoms with Crippen LogP contribution in [0.4, 0.5) is 0 Å². The topological polar surface area (TPSA) is 85.2 Å². The summed E-state index contributed by atoms with van der Waals surface area (Å²) < 4.78 is 11.4. The van der Waals surface area contributed by atoms with E-state index in [-0.39, 0.29) is 24.1 Å². The number of aromatic hydroxyl groups is 1. The molecule has 1 N–H and O–H groups in total. The molecule has 1 saturated carbocycles. The molecule has 1 fully saturated rings. The number of ether oxygens (including phenoxy) is 2. The van der Waals surface area contributed by atoms with Gasteiger partial charge in [0.1, 0.15) is 5.78 Å². The van der Waals surface area contributed by atoms with Gasteiger partial charge >= 0.3 is 5.97 Å². The number of Topliss-reactive ketones (excluding diaryl/α,β-unsaturated/α-hetero) is 1. The number of carbonyl (C=O) groups excluding carboxylic acids is 2. The number of phenolic OH excluding ortho intramolecular Hbond substituents is 1. The summed E-state index contributed by atoms with van der Waals surface area (Å²) in [5.74, 6) is -1.21. The molecule has 1 heterocycles. The van der Waals surface area contributed by atoms with Crippen LogP contribution in [0.25, 0.3) is 0 Å². The van der Waals surface area contributed by atoms with Crippen LogP contribution in [0.3, 0.4) is 0 Å². The van der Waals surface area contributed by atoms with Gasteiger partial charge in [-0.2, -0.15) is 0 Å². The minimum atomic E-state index is -0.579. The molecule has 2 aliphatic rings. The van der Waals surface area contributed by atoms with Crippen molar-refractivity contribution in [1.82, 2.24) is 0 Å². The second kappa shape index (κ2) is 11.7. The molecule has 0 saturated heterocycles. The van der Waals surface area contributed by atoms with E-state index < -0.39 is 17.8 Å². The molecule has 6 nitrogen and oxygen atoms in total. The van der Waals surface area contributed by atoms with Gasteiger partial charge in [0.25, 0.3) is 0 Å². The monoisotopic (exact) mass is 523 g/mol. The summed E-state index contributed by atoms with van der Waals surface area (Å²) in [5, 5.41) is 10.3. The zero-order valence-electron chi connectivity index (χ0n) is 22.3. The third-order valence-electron chi connectivity index (χ3n) is 7.55. The lowest BCUT2D eigenvalue weighted by Gasteiger charge is -2.38. The van der Waals surface area contributed by atoms with Gasteiger partial charge in [-0.05, 0) is 55.0 Å². The number of phenols is 1. The van der Waals surface area contributed by atoms with Crippen LogP contribution in [-0.4, -0.2) is 35.8 Å². The SMILES string of the molecule is CCOc1cc([C@@H]2C(C(=O)OCCc3ccccc3)=C(C)N=C3C[C@H](c4ccccc4)CC(=O)C32)ccc1O. The van der Waals surface area contributed by atoms with Gasteiger partial charge in [-0.15, -0.1) is 0 Å². The Bertz CT molecular complexity index is 1410. The number of hydrogen-bond acceptors (Lipinski definition) is 6. The predicted octanol–water partition coefficient (Wildman–Crippen LogP) is 6.15. The first-order chi connectivity index (χ1) is 19.0. The standard InChI is InChI=1S/C33H33NO5/c1-3-38-29-20-24(14-15-27(29)35)31-30(33(37)39-17-16-22-10-6-4-7-11-22)21(2)34-26-18-25(19-28(36)32(26)31)23-12-8-5-9-13-23/h4-15,20,25,31-32,35H,3,16-19H2,1-2H3/t25-,31+,32?/m0/s1. The summed E-state index contributed by atoms with van der Waals surface area (Å²) in [6.45, 7) is 4.24. The van der Waals surface area contributed by atoms with E-state index in [2.05, 4.69) is 0 Å². The number of hydrogen-bond donors (Lipinski definition) is 1.